The minimum Gasteiger partial charge on any atom is -0.375 e. The van der Waals surface area contributed by atoms with Crippen LogP contribution in [-0.4, -0.2) is 61.3 Å². The molecule has 162 valence electrons. The summed E-state index contributed by atoms with van der Waals surface area (Å²) in [4.78, 5) is 14.4. The van der Waals surface area contributed by atoms with E-state index in [4.69, 9.17) is 9.73 Å². The summed E-state index contributed by atoms with van der Waals surface area (Å²) in [6, 6.07) is 4.29. The van der Waals surface area contributed by atoms with Gasteiger partial charge in [0, 0.05) is 38.9 Å². The fraction of sp³-hybridized carbons (Fsp3) is 0.727. The molecule has 1 aliphatic carbocycles. The molecule has 6 nitrogen and oxygen atoms in total. The monoisotopic (exact) mass is 513 g/mol. The number of nitrogens with one attached hydrogen (secondary N) is 1. The second-order valence-electron chi connectivity index (χ2n) is 8.70. The number of halogens is 1. The first kappa shape index (κ1) is 22.6. The number of hydrogen-bond donors (Lipinski definition) is 1. The van der Waals surface area contributed by atoms with Crippen LogP contribution in [-0.2, 0) is 11.3 Å². The molecule has 0 aromatic carbocycles. The van der Waals surface area contributed by atoms with E-state index in [1.807, 2.05) is 6.20 Å². The second kappa shape index (κ2) is 10.3. The molecule has 0 amide bonds. The van der Waals surface area contributed by atoms with Gasteiger partial charge in [0.1, 0.15) is 5.82 Å². The quantitative estimate of drug-likeness (QED) is 0.379. The number of anilines is 1. The van der Waals surface area contributed by atoms with Gasteiger partial charge in [-0.2, -0.15) is 0 Å². The first-order valence-corrected chi connectivity index (χ1v) is 11.0. The van der Waals surface area contributed by atoms with Gasteiger partial charge in [-0.15, -0.1) is 24.0 Å². The summed E-state index contributed by atoms with van der Waals surface area (Å²) in [5, 5.41) is 3.50. The van der Waals surface area contributed by atoms with Gasteiger partial charge in [0.25, 0.3) is 0 Å². The SMILES string of the molecule is CCNC(=NCc1ccc(N2CCOC(C)C2)nc1)N1CCC2(CCCC2)C1.I. The Morgan fingerprint density at radius 3 is 2.79 bits per heavy atom. The Labute approximate surface area is 192 Å². The highest BCUT2D eigenvalue weighted by atomic mass is 127. The van der Waals surface area contributed by atoms with Crippen molar-refractivity contribution in [2.24, 2.45) is 10.4 Å². The molecule has 1 spiro atoms. The molecule has 1 N–H and O–H groups in total. The van der Waals surface area contributed by atoms with Gasteiger partial charge < -0.3 is 19.9 Å². The van der Waals surface area contributed by atoms with Gasteiger partial charge in [-0.05, 0) is 50.2 Å². The highest BCUT2D eigenvalue weighted by molar-refractivity contribution is 14.0. The molecule has 2 saturated heterocycles. The van der Waals surface area contributed by atoms with Crippen molar-refractivity contribution in [3.63, 3.8) is 0 Å². The number of aliphatic imine (C=N–C) groups is 1. The topological polar surface area (TPSA) is 53.0 Å². The average molecular weight is 513 g/mol. The molecular weight excluding hydrogens is 477 g/mol. The van der Waals surface area contributed by atoms with E-state index >= 15 is 0 Å². The standard InChI is InChI=1S/C22H35N5O.HI/c1-3-23-21(27-11-10-22(17-27)8-4-5-9-22)25-15-19-6-7-20(24-14-19)26-12-13-28-18(2)16-26;/h6-7,14,18H,3-5,8-13,15-17H2,1-2H3,(H,23,25);1H. The minimum absolute atomic E-state index is 0. The predicted molar refractivity (Wildman–Crippen MR) is 129 cm³/mol. The number of guanidine groups is 1. The molecule has 7 heteroatoms. The van der Waals surface area contributed by atoms with E-state index in [-0.39, 0.29) is 30.1 Å². The first-order valence-electron chi connectivity index (χ1n) is 11.0. The molecule has 29 heavy (non-hydrogen) atoms. The molecule has 0 radical (unpaired) electrons. The lowest BCUT2D eigenvalue weighted by atomic mass is 9.86. The smallest absolute Gasteiger partial charge is 0.194 e. The van der Waals surface area contributed by atoms with Crippen LogP contribution in [0.25, 0.3) is 0 Å². The van der Waals surface area contributed by atoms with E-state index in [1.54, 1.807) is 0 Å². The molecule has 3 fully saturated rings. The maximum Gasteiger partial charge on any atom is 0.194 e. The number of rotatable bonds is 4. The number of pyridine rings is 1. The fourth-order valence-electron chi connectivity index (χ4n) is 4.96. The highest BCUT2D eigenvalue weighted by Gasteiger charge is 2.41. The van der Waals surface area contributed by atoms with E-state index in [9.17, 15) is 0 Å². The van der Waals surface area contributed by atoms with E-state index in [0.717, 1.165) is 50.1 Å². The predicted octanol–water partition coefficient (Wildman–Crippen LogP) is 3.66. The Kier molecular flexibility index (Phi) is 8.01. The van der Waals surface area contributed by atoms with E-state index in [1.165, 1.54) is 38.6 Å². The van der Waals surface area contributed by atoms with Crippen LogP contribution in [0, 0.1) is 5.41 Å². The molecule has 1 saturated carbocycles. The molecule has 1 atom stereocenters. The van der Waals surface area contributed by atoms with Crippen molar-refractivity contribution in [2.75, 3.05) is 44.2 Å². The minimum atomic E-state index is 0. The second-order valence-corrected chi connectivity index (χ2v) is 8.70. The molecule has 1 unspecified atom stereocenters. The number of hydrogen-bond acceptors (Lipinski definition) is 4. The molecule has 0 bridgehead atoms. The van der Waals surface area contributed by atoms with Crippen LogP contribution in [0.3, 0.4) is 0 Å². The summed E-state index contributed by atoms with van der Waals surface area (Å²) in [5.74, 6) is 2.11. The summed E-state index contributed by atoms with van der Waals surface area (Å²) in [7, 11) is 0. The molecule has 2 aliphatic heterocycles. The van der Waals surface area contributed by atoms with Gasteiger partial charge in [0.2, 0.25) is 0 Å². The number of likely N-dealkylation sites (tertiary alicyclic amines) is 1. The third-order valence-electron chi connectivity index (χ3n) is 6.52. The van der Waals surface area contributed by atoms with Crippen molar-refractivity contribution in [1.29, 1.82) is 0 Å². The van der Waals surface area contributed by atoms with Gasteiger partial charge in [0.05, 0.1) is 19.3 Å². The summed E-state index contributed by atoms with van der Waals surface area (Å²) in [6.07, 6.45) is 9.17. The van der Waals surface area contributed by atoms with E-state index in [2.05, 4.69) is 46.1 Å². The number of nitrogens with zero attached hydrogens (tertiary/aromatic N) is 4. The van der Waals surface area contributed by atoms with Crippen LogP contribution in [0.15, 0.2) is 23.3 Å². The van der Waals surface area contributed by atoms with Gasteiger partial charge in [-0.1, -0.05) is 18.9 Å². The van der Waals surface area contributed by atoms with Crippen molar-refractivity contribution in [3.8, 4) is 0 Å². The number of morpholine rings is 1. The van der Waals surface area contributed by atoms with Gasteiger partial charge in [-0.3, -0.25) is 0 Å². The van der Waals surface area contributed by atoms with Crippen LogP contribution >= 0.6 is 24.0 Å². The summed E-state index contributed by atoms with van der Waals surface area (Å²) >= 11 is 0. The molecule has 4 rings (SSSR count). The van der Waals surface area contributed by atoms with Crippen molar-refractivity contribution in [3.05, 3.63) is 23.9 Å². The molecule has 1 aromatic rings. The van der Waals surface area contributed by atoms with Crippen LogP contribution in [0.5, 0.6) is 0 Å². The third kappa shape index (κ3) is 5.54. The highest BCUT2D eigenvalue weighted by Crippen LogP contribution is 2.45. The van der Waals surface area contributed by atoms with E-state index in [0.29, 0.717) is 12.0 Å². The zero-order valence-electron chi connectivity index (χ0n) is 17.9. The normalized spacial score (nSPS) is 24.1. The lowest BCUT2D eigenvalue weighted by molar-refractivity contribution is 0.0529. The zero-order chi connectivity index (χ0) is 19.4. The van der Waals surface area contributed by atoms with E-state index < -0.39 is 0 Å². The van der Waals surface area contributed by atoms with Crippen LogP contribution in [0.2, 0.25) is 0 Å². The van der Waals surface area contributed by atoms with Crippen LogP contribution < -0.4 is 10.2 Å². The Morgan fingerprint density at radius 2 is 2.10 bits per heavy atom. The summed E-state index contributed by atoms with van der Waals surface area (Å²) in [6.45, 7) is 10.8. The van der Waals surface area contributed by atoms with Gasteiger partial charge >= 0.3 is 0 Å². The first-order chi connectivity index (χ1) is 13.7. The lowest BCUT2D eigenvalue weighted by Crippen LogP contribution is -2.41. The number of ether oxygens (including phenoxy) is 1. The maximum atomic E-state index is 5.63. The van der Waals surface area contributed by atoms with Crippen molar-refractivity contribution < 1.29 is 4.74 Å². The largest absolute Gasteiger partial charge is 0.375 e. The molecule has 1 aromatic heterocycles. The Bertz CT molecular complexity index is 674. The molecular formula is C22H36IN5O. The maximum absolute atomic E-state index is 5.63. The van der Waals surface area contributed by atoms with Crippen molar-refractivity contribution >= 4 is 35.8 Å². The summed E-state index contributed by atoms with van der Waals surface area (Å²) in [5.41, 5.74) is 1.73. The third-order valence-corrected chi connectivity index (χ3v) is 6.52. The Balaban J connectivity index is 0.00000240. The Hall–Kier alpha value is -1.09. The lowest BCUT2D eigenvalue weighted by Gasteiger charge is -2.32. The molecule has 3 heterocycles. The zero-order valence-corrected chi connectivity index (χ0v) is 20.2. The van der Waals surface area contributed by atoms with Crippen LogP contribution in [0.4, 0.5) is 5.82 Å². The number of aromatic nitrogens is 1. The average Bonchev–Trinajstić information content (AvgIpc) is 3.35. The van der Waals surface area contributed by atoms with Gasteiger partial charge in [-0.25, -0.2) is 9.98 Å². The van der Waals surface area contributed by atoms with Gasteiger partial charge in [0.15, 0.2) is 5.96 Å². The van der Waals surface area contributed by atoms with Crippen molar-refractivity contribution in [2.45, 2.75) is 58.6 Å². The Morgan fingerprint density at radius 1 is 1.28 bits per heavy atom. The molecule has 3 aliphatic rings. The summed E-state index contributed by atoms with van der Waals surface area (Å²) < 4.78 is 5.63. The fourth-order valence-corrected chi connectivity index (χ4v) is 4.96. The van der Waals surface area contributed by atoms with Crippen LogP contribution in [0.1, 0.15) is 51.5 Å². The van der Waals surface area contributed by atoms with Crippen molar-refractivity contribution in [1.82, 2.24) is 15.2 Å².